The van der Waals surface area contributed by atoms with E-state index in [1.807, 2.05) is 0 Å². The molecule has 0 radical (unpaired) electrons. The van der Waals surface area contributed by atoms with Gasteiger partial charge in [0.2, 0.25) is 0 Å². The Kier molecular flexibility index (Phi) is 5.25. The maximum atomic E-state index is 13.5. The number of hydrogen-bond donors (Lipinski definition) is 1. The van der Waals surface area contributed by atoms with Gasteiger partial charge in [0.1, 0.15) is 11.4 Å². The van der Waals surface area contributed by atoms with Crippen LogP contribution in [0.3, 0.4) is 0 Å². The van der Waals surface area contributed by atoms with Gasteiger partial charge in [-0.1, -0.05) is 28.1 Å². The van der Waals surface area contributed by atoms with Gasteiger partial charge in [0.25, 0.3) is 17.5 Å². The Morgan fingerprint density at radius 2 is 1.62 bits per heavy atom. The van der Waals surface area contributed by atoms with Crippen LogP contribution in [0.5, 0.6) is 5.75 Å². The first-order valence-corrected chi connectivity index (χ1v) is 11.0. The first kappa shape index (κ1) is 21.6. The molecule has 0 bridgehead atoms. The number of nitro groups is 1. The number of nitrogens with zero attached hydrogens (tertiary/aromatic N) is 2. The van der Waals surface area contributed by atoms with Crippen molar-refractivity contribution in [2.24, 2.45) is 0 Å². The second kappa shape index (κ2) is 8.27. The van der Waals surface area contributed by atoms with Crippen LogP contribution in [0.15, 0.2) is 77.3 Å². The number of methoxy groups -OCH3 is 1. The lowest BCUT2D eigenvalue weighted by atomic mass is 9.91. The molecule has 5 rings (SSSR count). The summed E-state index contributed by atoms with van der Waals surface area (Å²) in [6.07, 6.45) is 0. The Labute approximate surface area is 202 Å². The number of ether oxygens (including phenoxy) is 1. The lowest BCUT2D eigenvalue weighted by Gasteiger charge is -2.28. The lowest BCUT2D eigenvalue weighted by Crippen LogP contribution is -2.40. The highest BCUT2D eigenvalue weighted by Gasteiger charge is 2.37. The zero-order valence-electron chi connectivity index (χ0n) is 17.7. The van der Waals surface area contributed by atoms with Crippen molar-refractivity contribution in [1.29, 1.82) is 0 Å². The van der Waals surface area contributed by atoms with Gasteiger partial charge in [0.15, 0.2) is 0 Å². The predicted molar refractivity (Wildman–Crippen MR) is 132 cm³/mol. The van der Waals surface area contributed by atoms with E-state index in [0.717, 1.165) is 9.37 Å². The van der Waals surface area contributed by atoms with E-state index >= 15 is 0 Å². The third-order valence-electron chi connectivity index (χ3n) is 5.65. The number of benzene rings is 4. The van der Waals surface area contributed by atoms with Gasteiger partial charge in [0, 0.05) is 32.6 Å². The number of rotatable bonds is 5. The number of hydrogen-bond acceptors (Lipinski definition) is 6. The monoisotopic (exact) mass is 517 g/mol. The third kappa shape index (κ3) is 3.46. The molecule has 168 valence electrons. The molecular formula is C25H16BrN3O5. The number of carbonyl (C=O) groups is 2. The summed E-state index contributed by atoms with van der Waals surface area (Å²) in [5.41, 5.74) is 1.30. The van der Waals surface area contributed by atoms with Gasteiger partial charge in [-0.2, -0.15) is 0 Å². The van der Waals surface area contributed by atoms with Crippen LogP contribution in [0.1, 0.15) is 20.7 Å². The van der Waals surface area contributed by atoms with E-state index in [9.17, 15) is 19.7 Å². The van der Waals surface area contributed by atoms with Gasteiger partial charge in [-0.25, -0.2) is 4.90 Å². The van der Waals surface area contributed by atoms with E-state index in [1.54, 1.807) is 66.7 Å². The van der Waals surface area contributed by atoms with Gasteiger partial charge < -0.3 is 10.1 Å². The summed E-state index contributed by atoms with van der Waals surface area (Å²) in [6, 6.07) is 19.8. The Bertz CT molecular complexity index is 1480. The summed E-state index contributed by atoms with van der Waals surface area (Å²) in [7, 11) is 1.52. The highest BCUT2D eigenvalue weighted by atomic mass is 79.9. The van der Waals surface area contributed by atoms with Crippen molar-refractivity contribution in [2.75, 3.05) is 17.3 Å². The molecule has 0 saturated heterocycles. The van der Waals surface area contributed by atoms with Gasteiger partial charge in [0.05, 0.1) is 23.3 Å². The fourth-order valence-electron chi connectivity index (χ4n) is 4.07. The van der Waals surface area contributed by atoms with Crippen molar-refractivity contribution < 1.29 is 19.2 Å². The number of halogens is 1. The number of amides is 2. The predicted octanol–water partition coefficient (Wildman–Crippen LogP) is 6.06. The van der Waals surface area contributed by atoms with Crippen molar-refractivity contribution in [3.05, 3.63) is 98.5 Å². The quantitative estimate of drug-likeness (QED) is 0.196. The zero-order valence-corrected chi connectivity index (χ0v) is 19.3. The smallest absolute Gasteiger partial charge is 0.294 e. The van der Waals surface area contributed by atoms with Crippen LogP contribution in [-0.2, 0) is 0 Å². The summed E-state index contributed by atoms with van der Waals surface area (Å²) in [4.78, 5) is 39.4. The first-order valence-electron chi connectivity index (χ1n) is 10.2. The number of nitrogens with one attached hydrogen (secondary N) is 1. The Balaban J connectivity index is 1.71. The van der Waals surface area contributed by atoms with E-state index < -0.39 is 16.7 Å². The summed E-state index contributed by atoms with van der Waals surface area (Å²) in [6.45, 7) is 0. The maximum Gasteiger partial charge on any atom is 0.294 e. The number of anilines is 3. The van der Waals surface area contributed by atoms with E-state index in [0.29, 0.717) is 27.9 Å². The van der Waals surface area contributed by atoms with Gasteiger partial charge in [-0.15, -0.1) is 0 Å². The number of nitro benzene ring substituents is 1. The van der Waals surface area contributed by atoms with Gasteiger partial charge >= 0.3 is 0 Å². The minimum Gasteiger partial charge on any atom is -0.497 e. The average molecular weight is 518 g/mol. The molecule has 4 aromatic rings. The molecule has 0 saturated carbocycles. The molecule has 34 heavy (non-hydrogen) atoms. The first-order chi connectivity index (χ1) is 16.4. The van der Waals surface area contributed by atoms with E-state index in [-0.39, 0.29) is 22.5 Å². The molecule has 1 N–H and O–H groups in total. The lowest BCUT2D eigenvalue weighted by molar-refractivity contribution is -0.383. The fraction of sp³-hybridized carbons (Fsp3) is 0.0400. The minimum absolute atomic E-state index is 0.0917. The van der Waals surface area contributed by atoms with Crippen molar-refractivity contribution in [1.82, 2.24) is 0 Å². The van der Waals surface area contributed by atoms with Gasteiger partial charge in [-0.3, -0.25) is 19.7 Å². The standard InChI is InChI=1S/C25H16BrN3O5/c1-34-17-11-9-16(10-12-17)28-24(30)19-4-2-3-18-22(19)20(25(28)31)13-21(29(32)33)23(18)27-15-7-5-14(26)6-8-15/h2-13,27H,1H3. The molecule has 0 spiro atoms. The Morgan fingerprint density at radius 3 is 2.26 bits per heavy atom. The molecule has 2 amide bonds. The molecule has 1 heterocycles. The van der Waals surface area contributed by atoms with Gasteiger partial charge in [-0.05, 0) is 54.6 Å². The van der Waals surface area contributed by atoms with E-state index in [1.165, 1.54) is 13.2 Å². The van der Waals surface area contributed by atoms with Crippen molar-refractivity contribution in [3.63, 3.8) is 0 Å². The molecule has 1 aliphatic rings. The molecule has 0 unspecified atom stereocenters. The summed E-state index contributed by atoms with van der Waals surface area (Å²) < 4.78 is 6.01. The second-order valence-electron chi connectivity index (χ2n) is 7.58. The summed E-state index contributed by atoms with van der Waals surface area (Å²) in [5.74, 6) is -0.559. The van der Waals surface area contributed by atoms with Crippen molar-refractivity contribution in [3.8, 4) is 5.75 Å². The van der Waals surface area contributed by atoms with Crippen LogP contribution in [0.2, 0.25) is 0 Å². The summed E-state index contributed by atoms with van der Waals surface area (Å²) >= 11 is 3.37. The van der Waals surface area contributed by atoms with Crippen LogP contribution in [0, 0.1) is 10.1 Å². The zero-order chi connectivity index (χ0) is 24.0. The normalized spacial score (nSPS) is 12.7. The second-order valence-corrected chi connectivity index (χ2v) is 8.49. The molecule has 8 nitrogen and oxygen atoms in total. The van der Waals surface area contributed by atoms with Crippen LogP contribution >= 0.6 is 15.9 Å². The molecule has 1 aliphatic heterocycles. The Morgan fingerprint density at radius 1 is 0.941 bits per heavy atom. The SMILES string of the molecule is COc1ccc(N2C(=O)c3cccc4c(Nc5ccc(Br)cc5)c([N+](=O)[O-])cc(c34)C2=O)cc1. The maximum absolute atomic E-state index is 13.5. The highest BCUT2D eigenvalue weighted by Crippen LogP contribution is 2.42. The van der Waals surface area contributed by atoms with E-state index in [4.69, 9.17) is 4.74 Å². The highest BCUT2D eigenvalue weighted by molar-refractivity contribution is 9.10. The molecule has 9 heteroatoms. The fourth-order valence-corrected chi connectivity index (χ4v) is 4.33. The molecule has 0 aromatic heterocycles. The van der Waals surface area contributed by atoms with Crippen LogP contribution in [-0.4, -0.2) is 23.8 Å². The largest absolute Gasteiger partial charge is 0.497 e. The average Bonchev–Trinajstić information content (AvgIpc) is 2.84. The van der Waals surface area contributed by atoms with E-state index in [2.05, 4.69) is 21.2 Å². The van der Waals surface area contributed by atoms with Crippen LogP contribution in [0.25, 0.3) is 10.8 Å². The number of carbonyl (C=O) groups excluding carboxylic acids is 2. The number of imide groups is 1. The minimum atomic E-state index is -0.628. The third-order valence-corrected chi connectivity index (χ3v) is 6.18. The topological polar surface area (TPSA) is 102 Å². The molecular weight excluding hydrogens is 502 g/mol. The molecule has 4 aromatic carbocycles. The van der Waals surface area contributed by atoms with Crippen LogP contribution < -0.4 is 15.0 Å². The summed E-state index contributed by atoms with van der Waals surface area (Å²) in [5, 5.41) is 15.9. The van der Waals surface area contributed by atoms with Crippen LogP contribution in [0.4, 0.5) is 22.7 Å². The Hall–Kier alpha value is -4.24. The molecule has 0 aliphatic carbocycles. The molecule has 0 fully saturated rings. The van der Waals surface area contributed by atoms with Crippen molar-refractivity contribution >= 4 is 61.3 Å². The van der Waals surface area contributed by atoms with Crippen molar-refractivity contribution in [2.45, 2.75) is 0 Å². The molecule has 0 atom stereocenters.